The Morgan fingerprint density at radius 2 is 1.96 bits per heavy atom. The van der Waals surface area contributed by atoms with Crippen LogP contribution in [0.5, 0.6) is 11.5 Å². The summed E-state index contributed by atoms with van der Waals surface area (Å²) < 4.78 is 11.0. The first-order valence-corrected chi connectivity index (χ1v) is 12.9. The molecule has 2 aromatic rings. The number of nitrogens with zero attached hydrogens (tertiary/aromatic N) is 1. The first-order valence-electron chi connectivity index (χ1n) is 10.2. The summed E-state index contributed by atoms with van der Waals surface area (Å²) >= 11 is 0. The lowest BCUT2D eigenvalue weighted by Crippen LogP contribution is -2.44. The van der Waals surface area contributed by atoms with Crippen LogP contribution in [0.15, 0.2) is 42.6 Å². The molecule has 1 aromatic carbocycles. The van der Waals surface area contributed by atoms with E-state index >= 15 is 0 Å². The Balaban J connectivity index is 1.42. The highest BCUT2D eigenvalue weighted by Crippen LogP contribution is 2.52. The molecule has 0 amide bonds. The first kappa shape index (κ1) is 18.5. The van der Waals surface area contributed by atoms with Crippen LogP contribution in [0, 0.1) is 5.92 Å². The van der Waals surface area contributed by atoms with Crippen LogP contribution in [0.25, 0.3) is 0 Å². The molecule has 2 unspecified atom stereocenters. The van der Waals surface area contributed by atoms with Gasteiger partial charge in [-0.15, -0.1) is 0 Å². The molecule has 4 heteroatoms. The topological polar surface area (TPSA) is 31.4 Å². The Morgan fingerprint density at radius 1 is 1.11 bits per heavy atom. The normalized spacial score (nSPS) is 24.3. The minimum Gasteiger partial charge on any atom is -0.454 e. The summed E-state index contributed by atoms with van der Waals surface area (Å²) in [5.41, 5.74) is 2.68. The van der Waals surface area contributed by atoms with Crippen molar-refractivity contribution < 1.29 is 9.47 Å². The second-order valence-corrected chi connectivity index (χ2v) is 14.7. The Bertz CT molecular complexity index is 787. The largest absolute Gasteiger partial charge is 0.454 e. The van der Waals surface area contributed by atoms with E-state index in [1.807, 2.05) is 12.3 Å². The summed E-state index contributed by atoms with van der Waals surface area (Å²) in [4.78, 5) is 4.66. The number of rotatable bonds is 5. The molecule has 2 aliphatic heterocycles. The standard InChI is InChI=1S/C23H31NO2Si/c1-23(2,3)27(16-20-6-4-5-12-24-20)13-11-19(15-27)8-7-18-9-10-21-22(14-18)26-17-25-21/h4-6,9-10,12,14,19H,7-8,11,13,15-17H2,1-3H3. The fourth-order valence-corrected chi connectivity index (χ4v) is 10.7. The number of aromatic nitrogens is 1. The average molecular weight is 382 g/mol. The molecule has 3 heterocycles. The summed E-state index contributed by atoms with van der Waals surface area (Å²) in [5.74, 6) is 2.65. The number of aryl methyl sites for hydroxylation is 1. The van der Waals surface area contributed by atoms with Gasteiger partial charge in [0.25, 0.3) is 0 Å². The molecule has 1 fully saturated rings. The van der Waals surface area contributed by atoms with Crippen molar-refractivity contribution in [1.82, 2.24) is 4.98 Å². The van der Waals surface area contributed by atoms with E-state index in [9.17, 15) is 0 Å². The smallest absolute Gasteiger partial charge is 0.231 e. The molecule has 1 aromatic heterocycles. The molecule has 0 N–H and O–H groups in total. The van der Waals surface area contributed by atoms with E-state index in [-0.39, 0.29) is 0 Å². The van der Waals surface area contributed by atoms with E-state index in [2.05, 4.69) is 56.1 Å². The van der Waals surface area contributed by atoms with Gasteiger partial charge in [0.1, 0.15) is 0 Å². The summed E-state index contributed by atoms with van der Waals surface area (Å²) in [6.07, 6.45) is 5.76. The minimum atomic E-state index is -1.40. The first-order chi connectivity index (χ1) is 13.0. The van der Waals surface area contributed by atoms with Gasteiger partial charge < -0.3 is 9.47 Å². The zero-order valence-corrected chi connectivity index (χ0v) is 17.8. The van der Waals surface area contributed by atoms with Crippen LogP contribution in [0.3, 0.4) is 0 Å². The molecule has 144 valence electrons. The number of pyridine rings is 1. The molecular formula is C23H31NO2Si. The highest BCUT2D eigenvalue weighted by Gasteiger charge is 2.49. The van der Waals surface area contributed by atoms with E-state index in [4.69, 9.17) is 9.47 Å². The van der Waals surface area contributed by atoms with Crippen LogP contribution in [0.1, 0.15) is 44.9 Å². The van der Waals surface area contributed by atoms with Gasteiger partial charge in [-0.1, -0.05) is 51.4 Å². The summed E-state index contributed by atoms with van der Waals surface area (Å²) in [5, 5.41) is 0.429. The second-order valence-electron chi connectivity index (χ2n) is 9.36. The van der Waals surface area contributed by atoms with Gasteiger partial charge in [0.2, 0.25) is 6.79 Å². The van der Waals surface area contributed by atoms with Crippen molar-refractivity contribution in [2.75, 3.05) is 6.79 Å². The number of fused-ring (bicyclic) bond motifs is 1. The molecule has 2 aliphatic rings. The molecule has 2 atom stereocenters. The SMILES string of the molecule is CC(C)(C)[Si]1(Cc2ccccn2)CCC(CCc2ccc3c(c2)OCO3)C1. The lowest BCUT2D eigenvalue weighted by molar-refractivity contribution is 0.174. The van der Waals surface area contributed by atoms with Crippen molar-refractivity contribution in [3.63, 3.8) is 0 Å². The predicted molar refractivity (Wildman–Crippen MR) is 112 cm³/mol. The van der Waals surface area contributed by atoms with E-state index in [0.717, 1.165) is 23.8 Å². The minimum absolute atomic E-state index is 0.356. The molecule has 0 radical (unpaired) electrons. The third kappa shape index (κ3) is 3.91. The van der Waals surface area contributed by atoms with E-state index < -0.39 is 8.07 Å². The maximum Gasteiger partial charge on any atom is 0.231 e. The molecule has 27 heavy (non-hydrogen) atoms. The number of hydrogen-bond acceptors (Lipinski definition) is 3. The monoisotopic (exact) mass is 381 g/mol. The quantitative estimate of drug-likeness (QED) is 0.614. The fraction of sp³-hybridized carbons (Fsp3) is 0.522. The molecule has 4 rings (SSSR count). The van der Waals surface area contributed by atoms with Crippen LogP contribution < -0.4 is 9.47 Å². The van der Waals surface area contributed by atoms with Gasteiger partial charge in [0.15, 0.2) is 11.5 Å². The van der Waals surface area contributed by atoms with Crippen molar-refractivity contribution in [2.24, 2.45) is 5.92 Å². The second kappa shape index (κ2) is 7.31. The van der Waals surface area contributed by atoms with Crippen LogP contribution in [-0.2, 0) is 12.5 Å². The van der Waals surface area contributed by atoms with Gasteiger partial charge >= 0.3 is 0 Å². The lowest BCUT2D eigenvalue weighted by Gasteiger charge is -2.40. The predicted octanol–water partition coefficient (Wildman–Crippen LogP) is 5.79. The third-order valence-electron chi connectivity index (χ3n) is 6.83. The summed E-state index contributed by atoms with van der Waals surface area (Å²) in [6, 6.07) is 16.9. The lowest BCUT2D eigenvalue weighted by atomic mass is 9.99. The Morgan fingerprint density at radius 3 is 2.74 bits per heavy atom. The summed E-state index contributed by atoms with van der Waals surface area (Å²) in [7, 11) is -1.40. The molecule has 0 saturated carbocycles. The van der Waals surface area contributed by atoms with Gasteiger partial charge in [-0.05, 0) is 59.7 Å². The van der Waals surface area contributed by atoms with Crippen LogP contribution in [-0.4, -0.2) is 19.9 Å². The maximum atomic E-state index is 5.53. The molecule has 1 saturated heterocycles. The number of ether oxygens (including phenoxy) is 2. The fourth-order valence-electron chi connectivity index (χ4n) is 4.91. The van der Waals surface area contributed by atoms with E-state index in [0.29, 0.717) is 11.8 Å². The van der Waals surface area contributed by atoms with Crippen LogP contribution in [0.2, 0.25) is 17.1 Å². The van der Waals surface area contributed by atoms with Crippen molar-refractivity contribution in [3.8, 4) is 11.5 Å². The van der Waals surface area contributed by atoms with Gasteiger partial charge in [-0.25, -0.2) is 0 Å². The Hall–Kier alpha value is -1.81. The van der Waals surface area contributed by atoms with E-state index in [1.165, 1.54) is 42.2 Å². The van der Waals surface area contributed by atoms with Gasteiger partial charge in [0.05, 0.1) is 8.07 Å². The van der Waals surface area contributed by atoms with E-state index in [1.54, 1.807) is 0 Å². The van der Waals surface area contributed by atoms with Gasteiger partial charge in [-0.3, -0.25) is 4.98 Å². The van der Waals surface area contributed by atoms with Crippen molar-refractivity contribution in [2.45, 2.75) is 63.2 Å². The van der Waals surface area contributed by atoms with Crippen molar-refractivity contribution >= 4 is 8.07 Å². The van der Waals surface area contributed by atoms with Crippen LogP contribution >= 0.6 is 0 Å². The molecular weight excluding hydrogens is 350 g/mol. The number of benzene rings is 1. The third-order valence-corrected chi connectivity index (χ3v) is 13.7. The van der Waals surface area contributed by atoms with Crippen molar-refractivity contribution in [1.29, 1.82) is 0 Å². The van der Waals surface area contributed by atoms with Crippen LogP contribution in [0.4, 0.5) is 0 Å². The highest BCUT2D eigenvalue weighted by atomic mass is 28.3. The van der Waals surface area contributed by atoms with Crippen molar-refractivity contribution in [3.05, 3.63) is 53.9 Å². The molecule has 3 nitrogen and oxygen atoms in total. The molecule has 0 aliphatic carbocycles. The molecule has 0 spiro atoms. The molecule has 0 bridgehead atoms. The number of hydrogen-bond donors (Lipinski definition) is 0. The van der Waals surface area contributed by atoms with Gasteiger partial charge in [0, 0.05) is 11.9 Å². The zero-order chi connectivity index (χ0) is 18.9. The Labute approximate surface area is 164 Å². The average Bonchev–Trinajstić information content (AvgIpc) is 3.27. The Kier molecular flexibility index (Phi) is 5.02. The van der Waals surface area contributed by atoms with Gasteiger partial charge in [-0.2, -0.15) is 0 Å². The zero-order valence-electron chi connectivity index (χ0n) is 16.8. The highest BCUT2D eigenvalue weighted by molar-refractivity contribution is 6.82. The maximum absolute atomic E-state index is 5.53. The summed E-state index contributed by atoms with van der Waals surface area (Å²) in [6.45, 7) is 7.78.